The molecule has 0 unspecified atom stereocenters. The maximum Gasteiger partial charge on any atom is 0.413 e. The number of hydrogen-bond donors (Lipinski definition) is 1. The molecule has 180 valence electrons. The SMILES string of the molecule is C[C@@H](OC(=O)Nc1c(F)cnn1-c1ccc(-c2ccc(C3(C#N)CC3)cc2)cc1)c1ccccc1Cl. The van der Waals surface area contributed by atoms with Crippen LogP contribution in [-0.4, -0.2) is 15.9 Å². The number of nitrogens with one attached hydrogen (secondary N) is 1. The maximum absolute atomic E-state index is 14.5. The summed E-state index contributed by atoms with van der Waals surface area (Å²) in [6.07, 6.45) is 1.38. The minimum Gasteiger partial charge on any atom is -0.441 e. The molecule has 36 heavy (non-hydrogen) atoms. The molecule has 6 nitrogen and oxygen atoms in total. The zero-order valence-electron chi connectivity index (χ0n) is 19.4. The molecule has 5 rings (SSSR count). The Balaban J connectivity index is 1.31. The van der Waals surface area contributed by atoms with E-state index in [-0.39, 0.29) is 11.2 Å². The van der Waals surface area contributed by atoms with Gasteiger partial charge in [-0.2, -0.15) is 10.4 Å². The van der Waals surface area contributed by atoms with Crippen molar-refractivity contribution in [3.63, 3.8) is 0 Å². The quantitative estimate of drug-likeness (QED) is 0.303. The highest BCUT2D eigenvalue weighted by Gasteiger charge is 2.44. The molecule has 8 heteroatoms. The Morgan fingerprint density at radius 1 is 1.11 bits per heavy atom. The number of ether oxygens (including phenoxy) is 1. The molecule has 1 amide bonds. The highest BCUT2D eigenvalue weighted by atomic mass is 35.5. The van der Waals surface area contributed by atoms with Crippen molar-refractivity contribution in [1.29, 1.82) is 5.26 Å². The Hall–Kier alpha value is -4.15. The monoisotopic (exact) mass is 500 g/mol. The van der Waals surface area contributed by atoms with Crippen LogP contribution < -0.4 is 5.32 Å². The van der Waals surface area contributed by atoms with E-state index in [1.807, 2.05) is 36.4 Å². The Kier molecular flexibility index (Phi) is 6.21. The number of rotatable bonds is 6. The molecule has 1 saturated carbocycles. The fraction of sp³-hybridized carbons (Fsp3) is 0.179. The second kappa shape index (κ2) is 9.48. The summed E-state index contributed by atoms with van der Waals surface area (Å²) in [5.41, 5.74) is 3.90. The first-order valence-corrected chi connectivity index (χ1v) is 11.9. The first-order chi connectivity index (χ1) is 17.4. The van der Waals surface area contributed by atoms with Crippen LogP contribution in [0.4, 0.5) is 15.0 Å². The van der Waals surface area contributed by atoms with Crippen LogP contribution in [0.25, 0.3) is 16.8 Å². The van der Waals surface area contributed by atoms with Crippen molar-refractivity contribution in [1.82, 2.24) is 9.78 Å². The zero-order valence-corrected chi connectivity index (χ0v) is 20.2. The first kappa shape index (κ1) is 23.6. The number of anilines is 1. The van der Waals surface area contributed by atoms with Gasteiger partial charge in [-0.3, -0.25) is 5.32 Å². The summed E-state index contributed by atoms with van der Waals surface area (Å²) in [6, 6.07) is 24.8. The van der Waals surface area contributed by atoms with E-state index in [0.29, 0.717) is 16.3 Å². The summed E-state index contributed by atoms with van der Waals surface area (Å²) in [5.74, 6) is -0.821. The molecule has 0 aliphatic heterocycles. The molecular formula is C28H22ClFN4O2. The highest BCUT2D eigenvalue weighted by molar-refractivity contribution is 6.31. The van der Waals surface area contributed by atoms with Crippen LogP contribution in [-0.2, 0) is 10.2 Å². The number of carbonyl (C=O) groups excluding carboxylic acids is 1. The molecule has 0 spiro atoms. The molecule has 4 aromatic rings. The molecule has 0 saturated heterocycles. The van der Waals surface area contributed by atoms with E-state index in [4.69, 9.17) is 16.3 Å². The van der Waals surface area contributed by atoms with Gasteiger partial charge in [0.15, 0.2) is 11.6 Å². The van der Waals surface area contributed by atoms with E-state index in [1.165, 1.54) is 4.68 Å². The van der Waals surface area contributed by atoms with Gasteiger partial charge in [-0.25, -0.2) is 13.9 Å². The van der Waals surface area contributed by atoms with Crippen molar-refractivity contribution in [2.24, 2.45) is 0 Å². The summed E-state index contributed by atoms with van der Waals surface area (Å²) in [5, 5.41) is 16.4. The third kappa shape index (κ3) is 4.56. The van der Waals surface area contributed by atoms with Crippen LogP contribution in [0.2, 0.25) is 5.02 Å². The van der Waals surface area contributed by atoms with Crippen molar-refractivity contribution in [2.75, 3.05) is 5.32 Å². The molecule has 1 aliphatic carbocycles. The van der Waals surface area contributed by atoms with Crippen molar-refractivity contribution in [3.8, 4) is 22.9 Å². The molecule has 1 N–H and O–H groups in total. The fourth-order valence-corrected chi connectivity index (χ4v) is 4.45. The number of aromatic nitrogens is 2. The zero-order chi connectivity index (χ0) is 25.3. The van der Waals surface area contributed by atoms with Gasteiger partial charge >= 0.3 is 6.09 Å². The van der Waals surface area contributed by atoms with Gasteiger partial charge < -0.3 is 4.74 Å². The molecule has 0 bridgehead atoms. The number of halogens is 2. The Labute approximate surface area is 212 Å². The standard InChI is InChI=1S/C28H22ClFN4O2/c1-18(23-4-2-3-5-24(23)29)36-27(35)33-26-25(30)16-32-34(26)22-12-8-20(9-13-22)19-6-10-21(11-7-19)28(17-31)14-15-28/h2-13,16,18H,14-15H2,1H3,(H,33,35)/t18-/m1/s1. The second-order valence-corrected chi connectivity index (χ2v) is 9.17. The number of nitriles is 1. The van der Waals surface area contributed by atoms with Crippen LogP contribution in [0.5, 0.6) is 0 Å². The lowest BCUT2D eigenvalue weighted by Crippen LogP contribution is -2.19. The summed E-state index contributed by atoms with van der Waals surface area (Å²) in [7, 11) is 0. The normalized spacial score (nSPS) is 14.5. The average Bonchev–Trinajstić information content (AvgIpc) is 3.62. The molecule has 1 aromatic heterocycles. The third-order valence-electron chi connectivity index (χ3n) is 6.42. The Morgan fingerprint density at radius 3 is 2.36 bits per heavy atom. The lowest BCUT2D eigenvalue weighted by atomic mass is 9.95. The maximum atomic E-state index is 14.5. The summed E-state index contributed by atoms with van der Waals surface area (Å²) in [4.78, 5) is 12.5. The van der Waals surface area contributed by atoms with Gasteiger partial charge in [0.25, 0.3) is 0 Å². The number of nitrogens with zero attached hydrogens (tertiary/aromatic N) is 3. The average molecular weight is 501 g/mol. The topological polar surface area (TPSA) is 79.9 Å². The minimum atomic E-state index is -0.828. The summed E-state index contributed by atoms with van der Waals surface area (Å²) in [6.45, 7) is 1.69. The van der Waals surface area contributed by atoms with E-state index in [1.54, 1.807) is 43.3 Å². The molecule has 0 radical (unpaired) electrons. The second-order valence-electron chi connectivity index (χ2n) is 8.77. The fourth-order valence-electron chi connectivity index (χ4n) is 4.16. The summed E-state index contributed by atoms with van der Waals surface area (Å²) >= 11 is 6.17. The first-order valence-electron chi connectivity index (χ1n) is 11.5. The van der Waals surface area contributed by atoms with E-state index in [9.17, 15) is 14.4 Å². The van der Waals surface area contributed by atoms with Crippen molar-refractivity contribution in [3.05, 3.63) is 101 Å². The van der Waals surface area contributed by atoms with Crippen LogP contribution >= 0.6 is 11.6 Å². The number of carbonyl (C=O) groups is 1. The molecular weight excluding hydrogens is 479 g/mol. The van der Waals surface area contributed by atoms with Gasteiger partial charge in [-0.15, -0.1) is 0 Å². The summed E-state index contributed by atoms with van der Waals surface area (Å²) < 4.78 is 21.2. The van der Waals surface area contributed by atoms with Crippen LogP contribution in [0.15, 0.2) is 79.0 Å². The lowest BCUT2D eigenvalue weighted by molar-refractivity contribution is 0.121. The Bertz CT molecular complexity index is 1450. The van der Waals surface area contributed by atoms with Crippen molar-refractivity contribution < 1.29 is 13.9 Å². The van der Waals surface area contributed by atoms with Gasteiger partial charge in [0.2, 0.25) is 0 Å². The molecule has 1 aliphatic rings. The van der Waals surface area contributed by atoms with E-state index < -0.39 is 18.0 Å². The number of hydrogen-bond acceptors (Lipinski definition) is 4. The van der Waals surface area contributed by atoms with Crippen LogP contribution in [0, 0.1) is 17.1 Å². The predicted octanol–water partition coefficient (Wildman–Crippen LogP) is 7.20. The van der Waals surface area contributed by atoms with E-state index in [2.05, 4.69) is 16.5 Å². The van der Waals surface area contributed by atoms with Gasteiger partial charge in [0.05, 0.1) is 23.4 Å². The van der Waals surface area contributed by atoms with Crippen LogP contribution in [0.3, 0.4) is 0 Å². The lowest BCUT2D eigenvalue weighted by Gasteiger charge is -2.16. The molecule has 1 atom stereocenters. The van der Waals surface area contributed by atoms with Crippen molar-refractivity contribution in [2.45, 2.75) is 31.3 Å². The minimum absolute atomic E-state index is 0.130. The molecule has 3 aromatic carbocycles. The Morgan fingerprint density at radius 2 is 1.75 bits per heavy atom. The third-order valence-corrected chi connectivity index (χ3v) is 6.76. The molecule has 1 fully saturated rings. The van der Waals surface area contributed by atoms with Gasteiger partial charge in [-0.1, -0.05) is 66.2 Å². The number of amides is 1. The van der Waals surface area contributed by atoms with Gasteiger partial charge in [0, 0.05) is 10.6 Å². The molecule has 1 heterocycles. The van der Waals surface area contributed by atoms with Gasteiger partial charge in [-0.05, 0) is 54.7 Å². The van der Waals surface area contributed by atoms with E-state index >= 15 is 0 Å². The van der Waals surface area contributed by atoms with Crippen LogP contribution in [0.1, 0.15) is 37.0 Å². The predicted molar refractivity (Wildman–Crippen MR) is 135 cm³/mol. The smallest absolute Gasteiger partial charge is 0.413 e. The largest absolute Gasteiger partial charge is 0.441 e. The number of benzene rings is 3. The highest BCUT2D eigenvalue weighted by Crippen LogP contribution is 2.47. The van der Waals surface area contributed by atoms with Gasteiger partial charge in [0.1, 0.15) is 6.10 Å². The van der Waals surface area contributed by atoms with Crippen molar-refractivity contribution >= 4 is 23.5 Å². The van der Waals surface area contributed by atoms with E-state index in [0.717, 1.165) is 35.7 Å².